The normalized spacial score (nSPS) is 11.0. The van der Waals surface area contributed by atoms with Gasteiger partial charge in [-0.15, -0.1) is 0 Å². The molecule has 1 heterocycles. The molecule has 2 aromatic carbocycles. The van der Waals surface area contributed by atoms with Gasteiger partial charge in [0, 0.05) is 23.6 Å². The first-order chi connectivity index (χ1) is 10.2. The van der Waals surface area contributed by atoms with Crippen molar-refractivity contribution in [2.75, 3.05) is 6.61 Å². The Morgan fingerprint density at radius 3 is 2.62 bits per heavy atom. The maximum Gasteiger partial charge on any atom is 0.120 e. The van der Waals surface area contributed by atoms with Crippen LogP contribution in [-0.2, 0) is 6.54 Å². The predicted molar refractivity (Wildman–Crippen MR) is 88.7 cm³/mol. The minimum atomic E-state index is 0.583. The number of aromatic nitrogens is 1. The Kier molecular flexibility index (Phi) is 4.09. The number of halogens is 2. The molecular weight excluding hydrogens is 305 g/mol. The van der Waals surface area contributed by atoms with Crippen molar-refractivity contribution in [2.45, 2.75) is 13.5 Å². The first-order valence-electron chi connectivity index (χ1n) is 6.83. The van der Waals surface area contributed by atoms with E-state index < -0.39 is 0 Å². The van der Waals surface area contributed by atoms with E-state index in [1.807, 2.05) is 31.2 Å². The summed E-state index contributed by atoms with van der Waals surface area (Å²) in [5.74, 6) is 0.900. The second-order valence-corrected chi connectivity index (χ2v) is 5.66. The molecule has 108 valence electrons. The highest BCUT2D eigenvalue weighted by atomic mass is 35.5. The zero-order chi connectivity index (χ0) is 14.8. The molecule has 0 bridgehead atoms. The zero-order valence-corrected chi connectivity index (χ0v) is 13.2. The fourth-order valence-electron chi connectivity index (χ4n) is 2.41. The molecule has 0 radical (unpaired) electrons. The molecule has 0 fully saturated rings. The lowest BCUT2D eigenvalue weighted by Gasteiger charge is -2.08. The Morgan fingerprint density at radius 1 is 1.00 bits per heavy atom. The highest BCUT2D eigenvalue weighted by Crippen LogP contribution is 2.25. The van der Waals surface area contributed by atoms with Crippen LogP contribution in [0, 0.1) is 0 Å². The van der Waals surface area contributed by atoms with Gasteiger partial charge in [-0.05, 0) is 48.9 Å². The van der Waals surface area contributed by atoms with Crippen molar-refractivity contribution in [3.05, 3.63) is 64.3 Å². The fourth-order valence-corrected chi connectivity index (χ4v) is 2.73. The van der Waals surface area contributed by atoms with E-state index in [2.05, 4.69) is 29.0 Å². The molecule has 0 unspecified atom stereocenters. The summed E-state index contributed by atoms with van der Waals surface area (Å²) in [6.07, 6.45) is 2.07. The summed E-state index contributed by atoms with van der Waals surface area (Å²) in [6, 6.07) is 14.0. The largest absolute Gasteiger partial charge is 0.494 e. The lowest BCUT2D eigenvalue weighted by atomic mass is 10.2. The van der Waals surface area contributed by atoms with Crippen molar-refractivity contribution in [1.82, 2.24) is 4.57 Å². The number of rotatable bonds is 4. The standard InChI is InChI=1S/C17H15Cl2NO/c1-2-21-14-4-6-17-13(10-14)7-8-20(17)11-12-3-5-15(18)16(19)9-12/h3-10H,2,11H2,1H3. The van der Waals surface area contributed by atoms with Gasteiger partial charge >= 0.3 is 0 Å². The second-order valence-electron chi connectivity index (χ2n) is 4.85. The van der Waals surface area contributed by atoms with Gasteiger partial charge in [-0.25, -0.2) is 0 Å². The van der Waals surface area contributed by atoms with Crippen LogP contribution < -0.4 is 4.74 Å². The molecular formula is C17H15Cl2NO. The van der Waals surface area contributed by atoms with Crippen molar-refractivity contribution in [1.29, 1.82) is 0 Å². The van der Waals surface area contributed by atoms with Gasteiger partial charge in [-0.1, -0.05) is 29.3 Å². The molecule has 0 N–H and O–H groups in total. The Hall–Kier alpha value is -1.64. The summed E-state index contributed by atoms with van der Waals surface area (Å²) in [7, 11) is 0. The molecule has 0 aliphatic rings. The van der Waals surface area contributed by atoms with Crippen LogP contribution >= 0.6 is 23.2 Å². The minimum absolute atomic E-state index is 0.583. The maximum absolute atomic E-state index is 6.07. The van der Waals surface area contributed by atoms with Gasteiger partial charge in [-0.2, -0.15) is 0 Å². The van der Waals surface area contributed by atoms with E-state index in [0.29, 0.717) is 16.7 Å². The van der Waals surface area contributed by atoms with Crippen molar-refractivity contribution in [3.8, 4) is 5.75 Å². The number of hydrogen-bond acceptors (Lipinski definition) is 1. The average molecular weight is 320 g/mol. The van der Waals surface area contributed by atoms with Crippen LogP contribution in [0.15, 0.2) is 48.7 Å². The van der Waals surface area contributed by atoms with Crippen LogP contribution in [0.1, 0.15) is 12.5 Å². The van der Waals surface area contributed by atoms with E-state index in [0.717, 1.165) is 17.9 Å². The van der Waals surface area contributed by atoms with Crippen molar-refractivity contribution in [3.63, 3.8) is 0 Å². The smallest absolute Gasteiger partial charge is 0.120 e. The van der Waals surface area contributed by atoms with Gasteiger partial charge in [0.05, 0.1) is 16.7 Å². The van der Waals surface area contributed by atoms with Gasteiger partial charge in [0.25, 0.3) is 0 Å². The summed E-state index contributed by atoms with van der Waals surface area (Å²) >= 11 is 12.0. The summed E-state index contributed by atoms with van der Waals surface area (Å²) in [6.45, 7) is 3.42. The number of nitrogens with zero attached hydrogens (tertiary/aromatic N) is 1. The van der Waals surface area contributed by atoms with Crippen LogP contribution in [-0.4, -0.2) is 11.2 Å². The number of hydrogen-bond donors (Lipinski definition) is 0. The third-order valence-corrected chi connectivity index (χ3v) is 4.13. The predicted octanol–water partition coefficient (Wildman–Crippen LogP) is 5.40. The third kappa shape index (κ3) is 3.02. The van der Waals surface area contributed by atoms with Crippen LogP contribution in [0.5, 0.6) is 5.75 Å². The molecule has 3 aromatic rings. The van der Waals surface area contributed by atoms with Crippen LogP contribution in [0.4, 0.5) is 0 Å². The van der Waals surface area contributed by atoms with E-state index in [9.17, 15) is 0 Å². The van der Waals surface area contributed by atoms with Gasteiger partial charge in [-0.3, -0.25) is 0 Å². The van der Waals surface area contributed by atoms with E-state index in [1.165, 1.54) is 10.9 Å². The third-order valence-electron chi connectivity index (χ3n) is 3.39. The first kappa shape index (κ1) is 14.3. The molecule has 0 aliphatic heterocycles. The molecule has 21 heavy (non-hydrogen) atoms. The molecule has 0 aliphatic carbocycles. The number of ether oxygens (including phenoxy) is 1. The van der Waals surface area contributed by atoms with Crippen molar-refractivity contribution >= 4 is 34.1 Å². The average Bonchev–Trinajstić information content (AvgIpc) is 2.86. The Labute approximate surface area is 133 Å². The molecule has 0 spiro atoms. The van der Waals surface area contributed by atoms with Crippen LogP contribution in [0.2, 0.25) is 10.0 Å². The monoisotopic (exact) mass is 319 g/mol. The highest BCUT2D eigenvalue weighted by molar-refractivity contribution is 6.42. The first-order valence-corrected chi connectivity index (χ1v) is 7.58. The molecule has 3 rings (SSSR count). The lowest BCUT2D eigenvalue weighted by Crippen LogP contribution is -1.98. The number of fused-ring (bicyclic) bond motifs is 1. The number of benzene rings is 2. The minimum Gasteiger partial charge on any atom is -0.494 e. The zero-order valence-electron chi connectivity index (χ0n) is 11.6. The molecule has 1 aromatic heterocycles. The molecule has 0 amide bonds. The maximum atomic E-state index is 6.07. The Morgan fingerprint density at radius 2 is 1.86 bits per heavy atom. The van der Waals surface area contributed by atoms with E-state index in [4.69, 9.17) is 27.9 Å². The molecule has 0 saturated heterocycles. The summed E-state index contributed by atoms with van der Waals surface area (Å²) in [4.78, 5) is 0. The quantitative estimate of drug-likeness (QED) is 0.628. The molecule has 0 atom stereocenters. The van der Waals surface area contributed by atoms with Crippen molar-refractivity contribution < 1.29 is 4.74 Å². The molecule has 0 saturated carbocycles. The summed E-state index contributed by atoms with van der Waals surface area (Å²) in [5, 5.41) is 2.34. The van der Waals surface area contributed by atoms with Gasteiger partial charge in [0.15, 0.2) is 0 Å². The Balaban J connectivity index is 1.91. The lowest BCUT2D eigenvalue weighted by molar-refractivity contribution is 0.340. The second kappa shape index (κ2) is 6.00. The topological polar surface area (TPSA) is 14.2 Å². The summed E-state index contributed by atoms with van der Waals surface area (Å²) < 4.78 is 7.71. The van der Waals surface area contributed by atoms with Crippen molar-refractivity contribution in [2.24, 2.45) is 0 Å². The van der Waals surface area contributed by atoms with Crippen LogP contribution in [0.25, 0.3) is 10.9 Å². The fraction of sp³-hybridized carbons (Fsp3) is 0.176. The van der Waals surface area contributed by atoms with Gasteiger partial charge in [0.1, 0.15) is 5.75 Å². The highest BCUT2D eigenvalue weighted by Gasteiger charge is 2.05. The molecule has 2 nitrogen and oxygen atoms in total. The Bertz CT molecular complexity index is 780. The van der Waals surface area contributed by atoms with E-state index >= 15 is 0 Å². The van der Waals surface area contributed by atoms with Crippen LogP contribution in [0.3, 0.4) is 0 Å². The molecule has 4 heteroatoms. The van der Waals surface area contributed by atoms with E-state index in [-0.39, 0.29) is 0 Å². The SMILES string of the molecule is CCOc1ccc2c(ccn2Cc2ccc(Cl)c(Cl)c2)c1. The van der Waals surface area contributed by atoms with E-state index in [1.54, 1.807) is 0 Å². The van der Waals surface area contributed by atoms with Gasteiger partial charge in [0.2, 0.25) is 0 Å². The van der Waals surface area contributed by atoms with Gasteiger partial charge < -0.3 is 9.30 Å². The summed E-state index contributed by atoms with van der Waals surface area (Å²) in [5.41, 5.74) is 2.29.